The zero-order valence-corrected chi connectivity index (χ0v) is 7.55. The van der Waals surface area contributed by atoms with Gasteiger partial charge in [-0.1, -0.05) is 25.8 Å². The predicted octanol–water partition coefficient (Wildman–Crippen LogP) is 2.60. The Hall–Kier alpha value is -0.790. The van der Waals surface area contributed by atoms with Crippen molar-refractivity contribution >= 4 is 5.97 Å². The minimum absolute atomic E-state index is 0.207. The second-order valence-corrected chi connectivity index (χ2v) is 3.59. The number of carbonyl (C=O) groups is 1. The summed E-state index contributed by atoms with van der Waals surface area (Å²) < 4.78 is 0. The summed E-state index contributed by atoms with van der Waals surface area (Å²) in [6.45, 7) is 2.14. The molecule has 0 saturated heterocycles. The van der Waals surface area contributed by atoms with E-state index in [4.69, 9.17) is 5.11 Å². The van der Waals surface area contributed by atoms with Crippen molar-refractivity contribution in [2.45, 2.75) is 39.0 Å². The standard InChI is InChI=1S/C10H16O2/c1-2-10(6-3-4-7-10)8-5-9(11)12/h5,8H,2-4,6-7H2,1H3,(H,11,12). The molecule has 12 heavy (non-hydrogen) atoms. The molecule has 1 fully saturated rings. The van der Waals surface area contributed by atoms with E-state index in [9.17, 15) is 4.79 Å². The quantitative estimate of drug-likeness (QED) is 0.658. The van der Waals surface area contributed by atoms with E-state index in [1.807, 2.05) is 6.08 Å². The van der Waals surface area contributed by atoms with Crippen molar-refractivity contribution in [3.8, 4) is 0 Å². The highest BCUT2D eigenvalue weighted by molar-refractivity contribution is 5.79. The van der Waals surface area contributed by atoms with Gasteiger partial charge in [-0.05, 0) is 24.7 Å². The molecule has 0 aliphatic heterocycles. The topological polar surface area (TPSA) is 37.3 Å². The van der Waals surface area contributed by atoms with Crippen molar-refractivity contribution in [1.82, 2.24) is 0 Å². The average Bonchev–Trinajstić information content (AvgIpc) is 2.50. The van der Waals surface area contributed by atoms with Crippen molar-refractivity contribution in [2.75, 3.05) is 0 Å². The van der Waals surface area contributed by atoms with Gasteiger partial charge in [0.25, 0.3) is 0 Å². The van der Waals surface area contributed by atoms with Gasteiger partial charge in [0.15, 0.2) is 0 Å². The van der Waals surface area contributed by atoms with Gasteiger partial charge in [0.05, 0.1) is 0 Å². The maximum Gasteiger partial charge on any atom is 0.327 e. The summed E-state index contributed by atoms with van der Waals surface area (Å²) in [5.74, 6) is -0.824. The Balaban J connectivity index is 2.61. The van der Waals surface area contributed by atoms with Crippen LogP contribution in [0, 0.1) is 5.41 Å². The Bertz CT molecular complexity index is 188. The SMILES string of the molecule is CCC1(C=CC(=O)O)CCCC1. The van der Waals surface area contributed by atoms with E-state index in [0.29, 0.717) is 0 Å². The monoisotopic (exact) mass is 168 g/mol. The highest BCUT2D eigenvalue weighted by Gasteiger charge is 2.28. The van der Waals surface area contributed by atoms with Crippen LogP contribution in [0.25, 0.3) is 0 Å². The molecule has 1 N–H and O–H groups in total. The number of carboxylic acids is 1. The van der Waals surface area contributed by atoms with Gasteiger partial charge in [0.2, 0.25) is 0 Å². The molecular weight excluding hydrogens is 152 g/mol. The summed E-state index contributed by atoms with van der Waals surface area (Å²) in [5, 5.41) is 8.50. The molecule has 68 valence electrons. The van der Waals surface area contributed by atoms with E-state index < -0.39 is 5.97 Å². The lowest BCUT2D eigenvalue weighted by Gasteiger charge is -2.22. The number of rotatable bonds is 3. The number of aliphatic carboxylic acids is 1. The van der Waals surface area contributed by atoms with Crippen molar-refractivity contribution in [3.63, 3.8) is 0 Å². The minimum atomic E-state index is -0.824. The summed E-state index contributed by atoms with van der Waals surface area (Å²) >= 11 is 0. The maximum atomic E-state index is 10.3. The van der Waals surface area contributed by atoms with E-state index in [1.165, 1.54) is 18.9 Å². The largest absolute Gasteiger partial charge is 0.478 e. The zero-order chi connectivity index (χ0) is 9.03. The van der Waals surface area contributed by atoms with Crippen LogP contribution in [-0.2, 0) is 4.79 Å². The molecule has 1 saturated carbocycles. The Morgan fingerprint density at radius 1 is 1.50 bits per heavy atom. The summed E-state index contributed by atoms with van der Waals surface area (Å²) in [6, 6.07) is 0. The lowest BCUT2D eigenvalue weighted by molar-refractivity contribution is -0.131. The van der Waals surface area contributed by atoms with E-state index in [1.54, 1.807) is 0 Å². The molecule has 0 bridgehead atoms. The molecule has 0 heterocycles. The van der Waals surface area contributed by atoms with Crippen molar-refractivity contribution in [1.29, 1.82) is 0 Å². The lowest BCUT2D eigenvalue weighted by Crippen LogP contribution is -2.11. The van der Waals surface area contributed by atoms with Gasteiger partial charge in [-0.25, -0.2) is 4.79 Å². The summed E-state index contributed by atoms with van der Waals surface area (Å²) in [5.41, 5.74) is 0.207. The Morgan fingerprint density at radius 3 is 2.50 bits per heavy atom. The van der Waals surface area contributed by atoms with Crippen LogP contribution in [0.3, 0.4) is 0 Å². The second-order valence-electron chi connectivity index (χ2n) is 3.59. The highest BCUT2D eigenvalue weighted by atomic mass is 16.4. The maximum absolute atomic E-state index is 10.3. The molecule has 0 radical (unpaired) electrons. The van der Waals surface area contributed by atoms with Gasteiger partial charge < -0.3 is 5.11 Å². The predicted molar refractivity (Wildman–Crippen MR) is 48.0 cm³/mol. The van der Waals surface area contributed by atoms with Crippen molar-refractivity contribution in [2.24, 2.45) is 5.41 Å². The Morgan fingerprint density at radius 2 is 2.08 bits per heavy atom. The van der Waals surface area contributed by atoms with E-state index in [0.717, 1.165) is 19.3 Å². The van der Waals surface area contributed by atoms with Crippen LogP contribution in [0.4, 0.5) is 0 Å². The van der Waals surface area contributed by atoms with E-state index >= 15 is 0 Å². The summed E-state index contributed by atoms with van der Waals surface area (Å²) in [7, 11) is 0. The highest BCUT2D eigenvalue weighted by Crippen LogP contribution is 2.41. The summed E-state index contributed by atoms with van der Waals surface area (Å²) in [6.07, 6.45) is 9.07. The number of allylic oxidation sites excluding steroid dienone is 1. The van der Waals surface area contributed by atoms with Crippen molar-refractivity contribution in [3.05, 3.63) is 12.2 Å². The molecule has 1 aliphatic rings. The van der Waals surface area contributed by atoms with E-state index in [2.05, 4.69) is 6.92 Å². The zero-order valence-electron chi connectivity index (χ0n) is 7.55. The molecular formula is C10H16O2. The average molecular weight is 168 g/mol. The van der Waals surface area contributed by atoms with Gasteiger partial charge in [-0.3, -0.25) is 0 Å². The second kappa shape index (κ2) is 3.74. The van der Waals surface area contributed by atoms with Gasteiger partial charge in [0, 0.05) is 6.08 Å². The van der Waals surface area contributed by atoms with Crippen LogP contribution in [0.5, 0.6) is 0 Å². The molecule has 0 aromatic rings. The van der Waals surface area contributed by atoms with Crippen LogP contribution in [0.2, 0.25) is 0 Å². The number of hydrogen-bond donors (Lipinski definition) is 1. The third-order valence-electron chi connectivity index (χ3n) is 2.88. The third-order valence-corrected chi connectivity index (χ3v) is 2.88. The molecule has 0 unspecified atom stereocenters. The van der Waals surface area contributed by atoms with Crippen LogP contribution in [0.1, 0.15) is 39.0 Å². The molecule has 0 aromatic carbocycles. The molecule has 0 atom stereocenters. The van der Waals surface area contributed by atoms with Crippen LogP contribution < -0.4 is 0 Å². The molecule has 2 nitrogen and oxygen atoms in total. The number of carboxylic acid groups (broad SMARTS) is 1. The number of hydrogen-bond acceptors (Lipinski definition) is 1. The van der Waals surface area contributed by atoms with E-state index in [-0.39, 0.29) is 5.41 Å². The first-order chi connectivity index (χ1) is 5.68. The van der Waals surface area contributed by atoms with Gasteiger partial charge in [-0.2, -0.15) is 0 Å². The fourth-order valence-electron chi connectivity index (χ4n) is 1.97. The molecule has 1 aliphatic carbocycles. The molecule has 2 heteroatoms. The Kier molecular flexibility index (Phi) is 2.90. The first-order valence-electron chi connectivity index (χ1n) is 4.61. The van der Waals surface area contributed by atoms with Crippen molar-refractivity contribution < 1.29 is 9.90 Å². The summed E-state index contributed by atoms with van der Waals surface area (Å²) in [4.78, 5) is 10.3. The molecule has 0 aromatic heterocycles. The lowest BCUT2D eigenvalue weighted by atomic mass is 9.83. The smallest absolute Gasteiger partial charge is 0.327 e. The van der Waals surface area contributed by atoms with Crippen LogP contribution >= 0.6 is 0 Å². The van der Waals surface area contributed by atoms with Gasteiger partial charge >= 0.3 is 5.97 Å². The minimum Gasteiger partial charge on any atom is -0.478 e. The first-order valence-corrected chi connectivity index (χ1v) is 4.61. The van der Waals surface area contributed by atoms with Gasteiger partial charge in [0.1, 0.15) is 0 Å². The normalized spacial score (nSPS) is 21.8. The molecule has 0 amide bonds. The first kappa shape index (κ1) is 9.30. The van der Waals surface area contributed by atoms with Crippen LogP contribution in [-0.4, -0.2) is 11.1 Å². The van der Waals surface area contributed by atoms with Crippen LogP contribution in [0.15, 0.2) is 12.2 Å². The van der Waals surface area contributed by atoms with Gasteiger partial charge in [-0.15, -0.1) is 0 Å². The molecule has 1 rings (SSSR count). The molecule has 0 spiro atoms. The Labute approximate surface area is 73.3 Å². The fourth-order valence-corrected chi connectivity index (χ4v) is 1.97. The fraction of sp³-hybridized carbons (Fsp3) is 0.700. The third kappa shape index (κ3) is 2.10.